The highest BCUT2D eigenvalue weighted by molar-refractivity contribution is 6.52. The first-order chi connectivity index (χ1) is 16.9. The summed E-state index contributed by atoms with van der Waals surface area (Å²) < 4.78 is 25.0. The number of benzene rings is 3. The fourth-order valence-corrected chi connectivity index (χ4v) is 4.76. The summed E-state index contributed by atoms with van der Waals surface area (Å²) in [6, 6.07) is 14.8. The molecule has 5 rings (SSSR count). The molecule has 35 heavy (non-hydrogen) atoms. The number of halogens is 2. The van der Waals surface area contributed by atoms with Crippen molar-refractivity contribution in [2.24, 2.45) is 0 Å². The summed E-state index contributed by atoms with van der Waals surface area (Å²) in [6.07, 6.45) is 1.61. The minimum absolute atomic E-state index is 0.100. The first-order valence-electron chi connectivity index (χ1n) is 11.1. The number of hydrogen-bond acceptors (Lipinski definition) is 5. The maximum Gasteiger partial charge on any atom is 0.300 e. The van der Waals surface area contributed by atoms with Crippen LogP contribution in [0.2, 0.25) is 5.02 Å². The molecule has 2 aliphatic heterocycles. The molecule has 8 heteroatoms. The number of amides is 1. The monoisotopic (exact) mass is 493 g/mol. The van der Waals surface area contributed by atoms with Crippen molar-refractivity contribution >= 4 is 34.7 Å². The van der Waals surface area contributed by atoms with E-state index >= 15 is 0 Å². The lowest BCUT2D eigenvalue weighted by atomic mass is 9.93. The molecule has 0 aliphatic carbocycles. The molecule has 6 nitrogen and oxygen atoms in total. The lowest BCUT2D eigenvalue weighted by molar-refractivity contribution is -0.132. The zero-order valence-corrected chi connectivity index (χ0v) is 19.5. The van der Waals surface area contributed by atoms with Crippen molar-refractivity contribution in [1.82, 2.24) is 0 Å². The molecule has 1 amide bonds. The van der Waals surface area contributed by atoms with Crippen LogP contribution in [-0.2, 0) is 16.0 Å². The van der Waals surface area contributed by atoms with Gasteiger partial charge in [0, 0.05) is 16.8 Å². The summed E-state index contributed by atoms with van der Waals surface area (Å²) in [6.45, 7) is 0.622. The van der Waals surface area contributed by atoms with Gasteiger partial charge in [-0.1, -0.05) is 29.8 Å². The second-order valence-corrected chi connectivity index (χ2v) is 8.69. The molecule has 3 aromatic carbocycles. The van der Waals surface area contributed by atoms with Gasteiger partial charge in [0.2, 0.25) is 0 Å². The number of carbonyl (C=O) groups is 2. The number of aliphatic hydroxyl groups is 1. The Morgan fingerprint density at radius 1 is 1.14 bits per heavy atom. The lowest BCUT2D eigenvalue weighted by Crippen LogP contribution is -2.29. The van der Waals surface area contributed by atoms with Gasteiger partial charge in [0.05, 0.1) is 30.4 Å². The number of carbonyl (C=O) groups excluding carboxylic acids is 2. The van der Waals surface area contributed by atoms with Crippen LogP contribution in [0.5, 0.6) is 11.5 Å². The molecular formula is C27H21ClFNO5. The Balaban J connectivity index is 1.73. The molecule has 2 aliphatic rings. The van der Waals surface area contributed by atoms with Crippen molar-refractivity contribution in [2.45, 2.75) is 18.9 Å². The fourth-order valence-electron chi connectivity index (χ4n) is 4.58. The Hall–Kier alpha value is -3.84. The molecule has 0 saturated carbocycles. The van der Waals surface area contributed by atoms with E-state index in [0.29, 0.717) is 23.5 Å². The highest BCUT2D eigenvalue weighted by Gasteiger charge is 2.48. The Labute approximate surface area is 206 Å². The van der Waals surface area contributed by atoms with E-state index in [2.05, 4.69) is 0 Å². The molecule has 1 atom stereocenters. The van der Waals surface area contributed by atoms with Gasteiger partial charge < -0.3 is 14.6 Å². The molecule has 2 heterocycles. The van der Waals surface area contributed by atoms with E-state index in [1.54, 1.807) is 42.5 Å². The van der Waals surface area contributed by atoms with Crippen LogP contribution in [0.15, 0.2) is 66.2 Å². The topological polar surface area (TPSA) is 76.1 Å². The van der Waals surface area contributed by atoms with E-state index in [-0.39, 0.29) is 22.0 Å². The quantitative estimate of drug-likeness (QED) is 0.297. The van der Waals surface area contributed by atoms with Crippen molar-refractivity contribution < 1.29 is 28.6 Å². The number of ether oxygens (including phenoxy) is 2. The highest BCUT2D eigenvalue weighted by atomic mass is 35.5. The molecular weight excluding hydrogens is 473 g/mol. The van der Waals surface area contributed by atoms with Crippen molar-refractivity contribution in [2.75, 3.05) is 18.6 Å². The van der Waals surface area contributed by atoms with Crippen molar-refractivity contribution in [1.29, 1.82) is 0 Å². The average Bonchev–Trinajstić information content (AvgIpc) is 3.15. The van der Waals surface area contributed by atoms with Gasteiger partial charge in [-0.05, 0) is 60.9 Å². The molecule has 1 fully saturated rings. The highest BCUT2D eigenvalue weighted by Crippen LogP contribution is 2.45. The number of nitrogens with zero attached hydrogens (tertiary/aromatic N) is 1. The van der Waals surface area contributed by atoms with Gasteiger partial charge in [-0.2, -0.15) is 0 Å². The molecule has 0 radical (unpaired) electrons. The fraction of sp³-hybridized carbons (Fsp3) is 0.185. The number of methoxy groups -OCH3 is 1. The number of para-hydroxylation sites is 1. The zero-order valence-electron chi connectivity index (χ0n) is 18.8. The van der Waals surface area contributed by atoms with Crippen LogP contribution >= 0.6 is 11.6 Å². The summed E-state index contributed by atoms with van der Waals surface area (Å²) in [4.78, 5) is 27.9. The SMILES string of the molecule is COc1ccccc1C1/C(=C(\O)c2ccc3c(c2)CCCO3)C(=O)C(=O)N1c1ccc(F)c(Cl)c1. The minimum Gasteiger partial charge on any atom is -0.507 e. The van der Waals surface area contributed by atoms with E-state index in [0.717, 1.165) is 30.2 Å². The van der Waals surface area contributed by atoms with E-state index in [9.17, 15) is 19.1 Å². The second-order valence-electron chi connectivity index (χ2n) is 8.28. The van der Waals surface area contributed by atoms with E-state index in [1.807, 2.05) is 0 Å². The number of Topliss-reactive ketones (excluding diaryl/α,β-unsaturated/α-hetero) is 1. The Morgan fingerprint density at radius 2 is 1.94 bits per heavy atom. The third kappa shape index (κ3) is 3.91. The predicted octanol–water partition coefficient (Wildman–Crippen LogP) is 5.44. The lowest BCUT2D eigenvalue weighted by Gasteiger charge is -2.27. The number of rotatable bonds is 4. The van der Waals surface area contributed by atoms with Gasteiger partial charge in [0.1, 0.15) is 23.1 Å². The first-order valence-corrected chi connectivity index (χ1v) is 11.4. The Morgan fingerprint density at radius 3 is 2.71 bits per heavy atom. The predicted molar refractivity (Wildman–Crippen MR) is 129 cm³/mol. The molecule has 178 valence electrons. The summed E-state index contributed by atoms with van der Waals surface area (Å²) in [5.74, 6) is -1.56. The molecule has 1 N–H and O–H groups in total. The van der Waals surface area contributed by atoms with Crippen LogP contribution in [0, 0.1) is 5.82 Å². The maximum absolute atomic E-state index is 13.9. The van der Waals surface area contributed by atoms with Gasteiger partial charge in [-0.25, -0.2) is 4.39 Å². The smallest absolute Gasteiger partial charge is 0.300 e. The minimum atomic E-state index is -1.03. The van der Waals surface area contributed by atoms with Crippen LogP contribution in [0.25, 0.3) is 5.76 Å². The summed E-state index contributed by atoms with van der Waals surface area (Å²) in [5, 5.41) is 11.2. The Kier molecular flexibility index (Phi) is 5.94. The third-order valence-corrected chi connectivity index (χ3v) is 6.53. The van der Waals surface area contributed by atoms with Gasteiger partial charge >= 0.3 is 0 Å². The normalized spacial score (nSPS) is 18.8. The third-order valence-electron chi connectivity index (χ3n) is 6.24. The maximum atomic E-state index is 13.9. The number of aryl methyl sites for hydroxylation is 1. The molecule has 1 unspecified atom stereocenters. The van der Waals surface area contributed by atoms with Crippen LogP contribution in [-0.4, -0.2) is 30.5 Å². The Bertz CT molecular complexity index is 1390. The largest absolute Gasteiger partial charge is 0.507 e. The summed E-state index contributed by atoms with van der Waals surface area (Å²) in [5.41, 5.74) is 1.90. The van der Waals surface area contributed by atoms with Crippen LogP contribution in [0.1, 0.15) is 29.2 Å². The molecule has 0 aromatic heterocycles. The average molecular weight is 494 g/mol. The number of fused-ring (bicyclic) bond motifs is 1. The van der Waals surface area contributed by atoms with Crippen molar-refractivity contribution in [3.05, 3.63) is 93.8 Å². The summed E-state index contributed by atoms with van der Waals surface area (Å²) >= 11 is 6.00. The molecule has 0 bridgehead atoms. The zero-order chi connectivity index (χ0) is 24.7. The van der Waals surface area contributed by atoms with Crippen molar-refractivity contribution in [3.8, 4) is 11.5 Å². The van der Waals surface area contributed by atoms with Crippen LogP contribution < -0.4 is 14.4 Å². The van der Waals surface area contributed by atoms with E-state index in [1.165, 1.54) is 24.1 Å². The van der Waals surface area contributed by atoms with Crippen LogP contribution in [0.4, 0.5) is 10.1 Å². The number of anilines is 1. The van der Waals surface area contributed by atoms with E-state index < -0.39 is 23.5 Å². The molecule has 1 saturated heterocycles. The molecule has 3 aromatic rings. The second kappa shape index (κ2) is 9.07. The van der Waals surface area contributed by atoms with Gasteiger partial charge in [-0.15, -0.1) is 0 Å². The summed E-state index contributed by atoms with van der Waals surface area (Å²) in [7, 11) is 1.48. The van der Waals surface area contributed by atoms with Crippen LogP contribution in [0.3, 0.4) is 0 Å². The number of ketones is 1. The molecule has 0 spiro atoms. The van der Waals surface area contributed by atoms with Gasteiger partial charge in [0.25, 0.3) is 11.7 Å². The number of aliphatic hydroxyl groups excluding tert-OH is 1. The van der Waals surface area contributed by atoms with Gasteiger partial charge in [0.15, 0.2) is 0 Å². The number of hydrogen-bond donors (Lipinski definition) is 1. The van der Waals surface area contributed by atoms with E-state index in [4.69, 9.17) is 21.1 Å². The first kappa shape index (κ1) is 22.9. The van der Waals surface area contributed by atoms with Crippen molar-refractivity contribution in [3.63, 3.8) is 0 Å². The standard InChI is InChI=1S/C27H21ClFNO5/c1-34-22-7-3-2-6-18(22)24-23(25(31)16-8-11-21-15(13-16)5-4-12-35-21)26(32)27(33)30(24)17-9-10-20(29)19(28)14-17/h2-3,6-11,13-14,24,31H,4-5,12H2,1H3/b25-23+. The van der Waals surface area contributed by atoms with Gasteiger partial charge in [-0.3, -0.25) is 14.5 Å².